The SMILES string of the molecule is NC(=O)N(O)CCC#Cc1cccc(OCCN2CCN([C@H](c3ccccc3)c3ccc(Cl)cc3)CC2)c1. The topological polar surface area (TPSA) is 82.3 Å². The van der Waals surface area contributed by atoms with Crippen LogP contribution in [-0.2, 0) is 0 Å². The number of halogens is 1. The van der Waals surface area contributed by atoms with Gasteiger partial charge in [-0.2, -0.15) is 0 Å². The van der Waals surface area contributed by atoms with E-state index in [-0.39, 0.29) is 12.6 Å². The molecule has 0 unspecified atom stereocenters. The lowest BCUT2D eigenvalue weighted by Gasteiger charge is -2.39. The van der Waals surface area contributed by atoms with Gasteiger partial charge in [-0.3, -0.25) is 15.0 Å². The largest absolute Gasteiger partial charge is 0.492 e. The Labute approximate surface area is 229 Å². The summed E-state index contributed by atoms with van der Waals surface area (Å²) in [6.45, 7) is 5.38. The quantitative estimate of drug-likeness (QED) is 0.238. The maximum Gasteiger partial charge on any atom is 0.338 e. The van der Waals surface area contributed by atoms with Crippen LogP contribution in [0.25, 0.3) is 0 Å². The van der Waals surface area contributed by atoms with E-state index in [0.29, 0.717) is 18.1 Å². The second-order valence-electron chi connectivity index (χ2n) is 9.13. The van der Waals surface area contributed by atoms with Gasteiger partial charge in [-0.15, -0.1) is 0 Å². The molecule has 3 N–H and O–H groups in total. The first kappa shape index (κ1) is 27.5. The molecule has 1 atom stereocenters. The number of amides is 2. The molecule has 7 nitrogen and oxygen atoms in total. The monoisotopic (exact) mass is 532 g/mol. The van der Waals surface area contributed by atoms with Gasteiger partial charge in [0.25, 0.3) is 0 Å². The number of hydrogen-bond acceptors (Lipinski definition) is 5. The lowest BCUT2D eigenvalue weighted by Crippen LogP contribution is -2.48. The lowest BCUT2D eigenvalue weighted by atomic mass is 9.96. The van der Waals surface area contributed by atoms with Gasteiger partial charge in [-0.1, -0.05) is 72.0 Å². The van der Waals surface area contributed by atoms with Crippen LogP contribution in [0.2, 0.25) is 5.02 Å². The summed E-state index contributed by atoms with van der Waals surface area (Å²) in [5.41, 5.74) is 8.34. The fourth-order valence-electron chi connectivity index (χ4n) is 4.53. The van der Waals surface area contributed by atoms with Crippen LogP contribution in [0.1, 0.15) is 29.2 Å². The molecule has 0 aliphatic carbocycles. The van der Waals surface area contributed by atoms with Crippen molar-refractivity contribution in [3.05, 3.63) is 101 Å². The fourth-order valence-corrected chi connectivity index (χ4v) is 4.66. The molecule has 1 aliphatic heterocycles. The summed E-state index contributed by atoms with van der Waals surface area (Å²) in [7, 11) is 0. The second kappa shape index (κ2) is 13.8. The number of nitrogens with zero attached hydrogens (tertiary/aromatic N) is 3. The Balaban J connectivity index is 1.26. The van der Waals surface area contributed by atoms with Crippen molar-refractivity contribution in [2.45, 2.75) is 12.5 Å². The number of urea groups is 1. The first-order chi connectivity index (χ1) is 18.5. The van der Waals surface area contributed by atoms with Crippen molar-refractivity contribution < 1.29 is 14.7 Å². The average Bonchev–Trinajstić information content (AvgIpc) is 2.94. The van der Waals surface area contributed by atoms with Crippen LogP contribution in [0.3, 0.4) is 0 Å². The van der Waals surface area contributed by atoms with E-state index in [1.54, 1.807) is 0 Å². The summed E-state index contributed by atoms with van der Waals surface area (Å²) in [5.74, 6) is 6.72. The highest BCUT2D eigenvalue weighted by molar-refractivity contribution is 6.30. The molecule has 38 heavy (non-hydrogen) atoms. The first-order valence-electron chi connectivity index (χ1n) is 12.7. The molecule has 198 valence electrons. The van der Waals surface area contributed by atoms with Crippen LogP contribution in [0.4, 0.5) is 4.79 Å². The molecule has 0 spiro atoms. The minimum Gasteiger partial charge on any atom is -0.492 e. The van der Waals surface area contributed by atoms with Crippen LogP contribution in [0.15, 0.2) is 78.9 Å². The van der Waals surface area contributed by atoms with Crippen LogP contribution in [0, 0.1) is 11.8 Å². The van der Waals surface area contributed by atoms with E-state index in [2.05, 4.69) is 64.1 Å². The number of carbonyl (C=O) groups is 1. The summed E-state index contributed by atoms with van der Waals surface area (Å²) >= 11 is 6.15. The van der Waals surface area contributed by atoms with Crippen molar-refractivity contribution in [3.8, 4) is 17.6 Å². The van der Waals surface area contributed by atoms with Crippen molar-refractivity contribution in [2.24, 2.45) is 5.73 Å². The Kier molecular flexibility index (Phi) is 10.0. The molecule has 3 aromatic rings. The Morgan fingerprint density at radius 3 is 2.42 bits per heavy atom. The zero-order valence-electron chi connectivity index (χ0n) is 21.3. The molecule has 0 aromatic heterocycles. The number of hydrogen-bond donors (Lipinski definition) is 2. The van der Waals surface area contributed by atoms with E-state index in [9.17, 15) is 10.0 Å². The molecule has 3 aromatic carbocycles. The highest BCUT2D eigenvalue weighted by Gasteiger charge is 2.26. The third-order valence-corrected chi connectivity index (χ3v) is 6.77. The normalized spacial score (nSPS) is 14.8. The van der Waals surface area contributed by atoms with Crippen molar-refractivity contribution in [3.63, 3.8) is 0 Å². The number of ether oxygens (including phenoxy) is 1. The highest BCUT2D eigenvalue weighted by atomic mass is 35.5. The third-order valence-electron chi connectivity index (χ3n) is 6.52. The maximum atomic E-state index is 10.8. The van der Waals surface area contributed by atoms with Gasteiger partial charge in [0.05, 0.1) is 12.6 Å². The predicted octanol–water partition coefficient (Wildman–Crippen LogP) is 4.64. The second-order valence-corrected chi connectivity index (χ2v) is 9.57. The van der Waals surface area contributed by atoms with E-state index in [1.165, 1.54) is 11.1 Å². The summed E-state index contributed by atoms with van der Waals surface area (Å²) in [5, 5.41) is 10.5. The van der Waals surface area contributed by atoms with Crippen molar-refractivity contribution in [2.75, 3.05) is 45.9 Å². The van der Waals surface area contributed by atoms with Gasteiger partial charge < -0.3 is 10.5 Å². The Morgan fingerprint density at radius 2 is 1.71 bits per heavy atom. The van der Waals surface area contributed by atoms with Gasteiger partial charge in [0.2, 0.25) is 0 Å². The number of rotatable bonds is 9. The Hall–Kier alpha value is -3.54. The van der Waals surface area contributed by atoms with Crippen molar-refractivity contribution in [1.29, 1.82) is 0 Å². The lowest BCUT2D eigenvalue weighted by molar-refractivity contribution is -0.0372. The van der Waals surface area contributed by atoms with E-state index in [4.69, 9.17) is 22.1 Å². The average molecular weight is 533 g/mol. The molecular formula is C30H33ClN4O3. The number of primary amides is 1. The number of benzene rings is 3. The summed E-state index contributed by atoms with van der Waals surface area (Å²) < 4.78 is 6.00. The molecule has 0 radical (unpaired) electrons. The molecule has 1 heterocycles. The van der Waals surface area contributed by atoms with E-state index in [0.717, 1.165) is 49.1 Å². The van der Waals surface area contributed by atoms with Crippen LogP contribution in [0.5, 0.6) is 5.75 Å². The van der Waals surface area contributed by atoms with Gasteiger partial charge in [-0.05, 0) is 41.5 Å². The number of hydroxylamine groups is 2. The van der Waals surface area contributed by atoms with Gasteiger partial charge in [0, 0.05) is 49.7 Å². The first-order valence-corrected chi connectivity index (χ1v) is 13.1. The molecule has 1 saturated heterocycles. The fraction of sp³-hybridized carbons (Fsp3) is 0.300. The van der Waals surface area contributed by atoms with Crippen LogP contribution >= 0.6 is 11.6 Å². The minimum atomic E-state index is -0.888. The number of piperazine rings is 1. The van der Waals surface area contributed by atoms with Crippen molar-refractivity contribution >= 4 is 17.6 Å². The zero-order valence-corrected chi connectivity index (χ0v) is 22.1. The maximum absolute atomic E-state index is 10.8. The number of nitrogens with two attached hydrogens (primary N) is 1. The molecule has 1 fully saturated rings. The molecule has 0 bridgehead atoms. The highest BCUT2D eigenvalue weighted by Crippen LogP contribution is 2.30. The summed E-state index contributed by atoms with van der Waals surface area (Å²) in [6.07, 6.45) is 0.319. The molecule has 2 amide bonds. The molecule has 8 heteroatoms. The van der Waals surface area contributed by atoms with Crippen LogP contribution in [-0.4, -0.2) is 72.0 Å². The zero-order chi connectivity index (χ0) is 26.7. The number of carbonyl (C=O) groups excluding carboxylic acids is 1. The minimum absolute atomic E-state index is 0.0670. The Morgan fingerprint density at radius 1 is 1.00 bits per heavy atom. The van der Waals surface area contributed by atoms with E-state index in [1.807, 2.05) is 36.4 Å². The van der Waals surface area contributed by atoms with E-state index >= 15 is 0 Å². The van der Waals surface area contributed by atoms with Gasteiger partial charge >= 0.3 is 6.03 Å². The van der Waals surface area contributed by atoms with E-state index < -0.39 is 6.03 Å². The smallest absolute Gasteiger partial charge is 0.338 e. The van der Waals surface area contributed by atoms with Gasteiger partial charge in [0.1, 0.15) is 12.4 Å². The van der Waals surface area contributed by atoms with Crippen LogP contribution < -0.4 is 10.5 Å². The standard InChI is InChI=1S/C30H33ClN4O3/c31-27-14-12-26(13-15-27)29(25-9-2-1-3-10-25)34-19-17-33(18-20-34)21-22-38-28-11-6-8-24(23-28)7-4-5-16-35(37)30(32)36/h1-3,6,8-15,23,29,37H,5,16-22H2,(H2,32,36)/t29-/m1/s1. The van der Waals surface area contributed by atoms with Gasteiger partial charge in [0.15, 0.2) is 0 Å². The molecule has 0 saturated carbocycles. The molecular weight excluding hydrogens is 500 g/mol. The third kappa shape index (κ3) is 7.98. The Bertz CT molecular complexity index is 1240. The predicted molar refractivity (Wildman–Crippen MR) is 149 cm³/mol. The molecule has 1 aliphatic rings. The summed E-state index contributed by atoms with van der Waals surface area (Å²) in [6, 6.07) is 25.7. The molecule has 4 rings (SSSR count). The van der Waals surface area contributed by atoms with Crippen molar-refractivity contribution in [1.82, 2.24) is 14.9 Å². The summed E-state index contributed by atoms with van der Waals surface area (Å²) in [4.78, 5) is 15.8. The van der Waals surface area contributed by atoms with Gasteiger partial charge in [-0.25, -0.2) is 9.86 Å².